The van der Waals surface area contributed by atoms with Gasteiger partial charge in [-0.3, -0.25) is 0 Å². The number of benzene rings is 2. The summed E-state index contributed by atoms with van der Waals surface area (Å²) in [7, 11) is 1.44. The molecule has 0 fully saturated rings. The Balaban J connectivity index is 2.26. The lowest BCUT2D eigenvalue weighted by molar-refractivity contribution is 0.385. The Hall–Kier alpha value is -0.970. The highest BCUT2D eigenvalue weighted by atomic mass is 79.9. The first-order chi connectivity index (χ1) is 9.93. The Kier molecular flexibility index (Phi) is 5.36. The van der Waals surface area contributed by atoms with Crippen LogP contribution in [0.1, 0.15) is 18.5 Å². The first kappa shape index (κ1) is 16.4. The standard InChI is InChI=1S/C15H13BrCl2FNO/c1-8(9-3-5-11(19)13(7-9)21-2)20-12-6-4-10(16)14(17)15(12)18/h3-8,20H,1-2H3. The summed E-state index contributed by atoms with van der Waals surface area (Å²) in [6.45, 7) is 1.94. The number of ether oxygens (including phenoxy) is 1. The van der Waals surface area contributed by atoms with E-state index in [1.54, 1.807) is 12.1 Å². The second-order valence-electron chi connectivity index (χ2n) is 4.48. The summed E-state index contributed by atoms with van der Waals surface area (Å²) < 4.78 is 19.2. The molecule has 0 saturated carbocycles. The maximum Gasteiger partial charge on any atom is 0.165 e. The van der Waals surface area contributed by atoms with Crippen molar-refractivity contribution in [2.45, 2.75) is 13.0 Å². The summed E-state index contributed by atoms with van der Waals surface area (Å²) in [6.07, 6.45) is 0. The quantitative estimate of drug-likeness (QED) is 0.637. The molecule has 0 bridgehead atoms. The van der Waals surface area contributed by atoms with Crippen molar-refractivity contribution in [1.29, 1.82) is 0 Å². The van der Waals surface area contributed by atoms with Crippen molar-refractivity contribution in [3.63, 3.8) is 0 Å². The zero-order valence-electron chi connectivity index (χ0n) is 11.4. The van der Waals surface area contributed by atoms with Gasteiger partial charge in [0.25, 0.3) is 0 Å². The second kappa shape index (κ2) is 6.86. The molecule has 0 radical (unpaired) electrons. The van der Waals surface area contributed by atoms with Gasteiger partial charge in [0, 0.05) is 10.5 Å². The van der Waals surface area contributed by atoms with Crippen LogP contribution in [0.25, 0.3) is 0 Å². The van der Waals surface area contributed by atoms with Crippen LogP contribution in [-0.2, 0) is 0 Å². The molecular formula is C15H13BrCl2FNO. The molecule has 0 spiro atoms. The molecule has 2 nitrogen and oxygen atoms in total. The second-order valence-corrected chi connectivity index (χ2v) is 6.09. The van der Waals surface area contributed by atoms with Crippen LogP contribution in [0.5, 0.6) is 5.75 Å². The van der Waals surface area contributed by atoms with Gasteiger partial charge in [-0.05, 0) is 52.7 Å². The van der Waals surface area contributed by atoms with Gasteiger partial charge in [-0.15, -0.1) is 0 Å². The number of halogens is 4. The molecule has 0 aliphatic carbocycles. The fourth-order valence-electron chi connectivity index (χ4n) is 1.90. The predicted molar refractivity (Wildman–Crippen MR) is 89.2 cm³/mol. The van der Waals surface area contributed by atoms with Gasteiger partial charge in [-0.25, -0.2) is 4.39 Å². The van der Waals surface area contributed by atoms with Crippen molar-refractivity contribution >= 4 is 44.8 Å². The Morgan fingerprint density at radius 3 is 2.57 bits per heavy atom. The molecule has 0 saturated heterocycles. The monoisotopic (exact) mass is 391 g/mol. The average Bonchev–Trinajstić information content (AvgIpc) is 2.48. The topological polar surface area (TPSA) is 21.3 Å². The maximum absolute atomic E-state index is 13.4. The van der Waals surface area contributed by atoms with Gasteiger partial charge in [0.15, 0.2) is 11.6 Å². The van der Waals surface area contributed by atoms with Crippen LogP contribution in [0.4, 0.5) is 10.1 Å². The molecular weight excluding hydrogens is 380 g/mol. The van der Waals surface area contributed by atoms with E-state index in [4.69, 9.17) is 27.9 Å². The van der Waals surface area contributed by atoms with Crippen molar-refractivity contribution in [2.75, 3.05) is 12.4 Å². The van der Waals surface area contributed by atoms with E-state index in [-0.39, 0.29) is 11.8 Å². The van der Waals surface area contributed by atoms with E-state index in [0.717, 1.165) is 10.0 Å². The van der Waals surface area contributed by atoms with Crippen LogP contribution in [0.3, 0.4) is 0 Å². The van der Waals surface area contributed by atoms with Crippen LogP contribution in [0.15, 0.2) is 34.8 Å². The van der Waals surface area contributed by atoms with Crippen molar-refractivity contribution in [2.24, 2.45) is 0 Å². The number of hydrogen-bond acceptors (Lipinski definition) is 2. The summed E-state index contributed by atoms with van der Waals surface area (Å²) >= 11 is 15.6. The smallest absolute Gasteiger partial charge is 0.165 e. The number of methoxy groups -OCH3 is 1. The molecule has 6 heteroatoms. The minimum absolute atomic E-state index is 0.0887. The Morgan fingerprint density at radius 1 is 1.19 bits per heavy atom. The molecule has 0 aliphatic rings. The average molecular weight is 393 g/mol. The normalized spacial score (nSPS) is 12.1. The van der Waals surface area contributed by atoms with E-state index in [2.05, 4.69) is 21.2 Å². The molecule has 2 aromatic rings. The zero-order chi connectivity index (χ0) is 15.6. The maximum atomic E-state index is 13.4. The number of rotatable bonds is 4. The Bertz CT molecular complexity index is 666. The fraction of sp³-hybridized carbons (Fsp3) is 0.200. The predicted octanol–water partition coefficient (Wildman–Crippen LogP) is 6.08. The zero-order valence-corrected chi connectivity index (χ0v) is 14.5. The summed E-state index contributed by atoms with van der Waals surface area (Å²) in [5.74, 6) is -0.181. The van der Waals surface area contributed by atoms with E-state index in [0.29, 0.717) is 15.7 Å². The number of nitrogens with one attached hydrogen (secondary N) is 1. The molecule has 0 aliphatic heterocycles. The largest absolute Gasteiger partial charge is 0.494 e. The number of hydrogen-bond donors (Lipinski definition) is 1. The van der Waals surface area contributed by atoms with E-state index in [1.807, 2.05) is 19.1 Å². The fourth-order valence-corrected chi connectivity index (χ4v) is 2.73. The molecule has 112 valence electrons. The molecule has 1 N–H and O–H groups in total. The van der Waals surface area contributed by atoms with Gasteiger partial charge in [-0.1, -0.05) is 29.3 Å². The summed E-state index contributed by atoms with van der Waals surface area (Å²) in [4.78, 5) is 0. The first-order valence-electron chi connectivity index (χ1n) is 6.17. The van der Waals surface area contributed by atoms with E-state index < -0.39 is 5.82 Å². The molecule has 2 rings (SSSR count). The van der Waals surface area contributed by atoms with Crippen LogP contribution in [0, 0.1) is 5.82 Å². The molecule has 1 unspecified atom stereocenters. The van der Waals surface area contributed by atoms with E-state index in [9.17, 15) is 4.39 Å². The van der Waals surface area contributed by atoms with Gasteiger partial charge in [-0.2, -0.15) is 0 Å². The van der Waals surface area contributed by atoms with E-state index in [1.165, 1.54) is 13.2 Å². The lowest BCUT2D eigenvalue weighted by Gasteiger charge is -2.18. The third-order valence-electron chi connectivity index (χ3n) is 3.08. The minimum atomic E-state index is -0.391. The van der Waals surface area contributed by atoms with Crippen LogP contribution in [-0.4, -0.2) is 7.11 Å². The Labute approximate surface area is 141 Å². The van der Waals surface area contributed by atoms with Crippen molar-refractivity contribution in [1.82, 2.24) is 0 Å². The van der Waals surface area contributed by atoms with Crippen molar-refractivity contribution in [3.05, 3.63) is 56.2 Å². The minimum Gasteiger partial charge on any atom is -0.494 e. The molecule has 0 heterocycles. The van der Waals surface area contributed by atoms with Crippen LogP contribution >= 0.6 is 39.1 Å². The van der Waals surface area contributed by atoms with Gasteiger partial charge in [0.1, 0.15) is 0 Å². The molecule has 0 amide bonds. The highest BCUT2D eigenvalue weighted by Gasteiger charge is 2.13. The van der Waals surface area contributed by atoms with Gasteiger partial charge in [0.05, 0.1) is 22.8 Å². The lowest BCUT2D eigenvalue weighted by atomic mass is 10.1. The molecule has 21 heavy (non-hydrogen) atoms. The van der Waals surface area contributed by atoms with Gasteiger partial charge >= 0.3 is 0 Å². The highest BCUT2D eigenvalue weighted by molar-refractivity contribution is 9.10. The van der Waals surface area contributed by atoms with Crippen LogP contribution < -0.4 is 10.1 Å². The molecule has 1 atom stereocenters. The summed E-state index contributed by atoms with van der Waals surface area (Å²) in [5, 5.41) is 4.14. The van der Waals surface area contributed by atoms with E-state index >= 15 is 0 Å². The van der Waals surface area contributed by atoms with Crippen molar-refractivity contribution in [3.8, 4) is 5.75 Å². The lowest BCUT2D eigenvalue weighted by Crippen LogP contribution is -2.07. The highest BCUT2D eigenvalue weighted by Crippen LogP contribution is 2.37. The molecule has 0 aromatic heterocycles. The van der Waals surface area contributed by atoms with Crippen LogP contribution in [0.2, 0.25) is 10.0 Å². The third-order valence-corrected chi connectivity index (χ3v) is 4.85. The summed E-state index contributed by atoms with van der Waals surface area (Å²) in [5.41, 5.74) is 1.59. The SMILES string of the molecule is COc1cc(C(C)Nc2ccc(Br)c(Cl)c2Cl)ccc1F. The van der Waals surface area contributed by atoms with Gasteiger partial charge in [0.2, 0.25) is 0 Å². The summed E-state index contributed by atoms with van der Waals surface area (Å²) in [6, 6.07) is 8.28. The number of anilines is 1. The molecule has 2 aromatic carbocycles. The van der Waals surface area contributed by atoms with Crippen molar-refractivity contribution < 1.29 is 9.13 Å². The van der Waals surface area contributed by atoms with Gasteiger partial charge < -0.3 is 10.1 Å². The Morgan fingerprint density at radius 2 is 1.90 bits per heavy atom. The third kappa shape index (κ3) is 3.62. The first-order valence-corrected chi connectivity index (χ1v) is 7.72.